The molecule has 1 heterocycles. The Morgan fingerprint density at radius 3 is 3.00 bits per heavy atom. The molecule has 1 aromatic heterocycles. The summed E-state index contributed by atoms with van der Waals surface area (Å²) < 4.78 is 1.69. The quantitative estimate of drug-likeness (QED) is 0.592. The number of nitrogens with one attached hydrogen (secondary N) is 1. The van der Waals surface area contributed by atoms with Gasteiger partial charge in [-0.3, -0.25) is 4.79 Å². The minimum atomic E-state index is -0.0837. The summed E-state index contributed by atoms with van der Waals surface area (Å²) in [6, 6.07) is 0. The van der Waals surface area contributed by atoms with E-state index < -0.39 is 0 Å². The van der Waals surface area contributed by atoms with Crippen molar-refractivity contribution in [2.45, 2.75) is 12.8 Å². The van der Waals surface area contributed by atoms with Crippen LogP contribution in [0.25, 0.3) is 0 Å². The van der Waals surface area contributed by atoms with Crippen LogP contribution in [0.1, 0.15) is 23.3 Å². The van der Waals surface area contributed by atoms with Crippen molar-refractivity contribution in [3.8, 4) is 0 Å². The Bertz CT molecular complexity index is 298. The Hall–Kier alpha value is -1.03. The van der Waals surface area contributed by atoms with Crippen LogP contribution in [0.4, 0.5) is 0 Å². The minimum absolute atomic E-state index is 0.0837. The van der Waals surface area contributed by atoms with Gasteiger partial charge in [0.05, 0.1) is 12.5 Å². The fraction of sp³-hybridized carbons (Fsp3) is 0.556. The number of halogens is 1. The molecule has 0 spiro atoms. The first-order valence-corrected chi connectivity index (χ1v) is 5.09. The number of nitrogens with zero attached hydrogens (tertiary/aromatic N) is 2. The van der Waals surface area contributed by atoms with E-state index in [9.17, 15) is 4.79 Å². The summed E-state index contributed by atoms with van der Waals surface area (Å²) in [4.78, 5) is 15.4. The maximum absolute atomic E-state index is 11.5. The molecule has 1 N–H and O–H groups in total. The van der Waals surface area contributed by atoms with Crippen molar-refractivity contribution in [3.05, 3.63) is 18.2 Å². The van der Waals surface area contributed by atoms with Gasteiger partial charge in [-0.05, 0) is 12.8 Å². The van der Waals surface area contributed by atoms with Crippen LogP contribution in [0, 0.1) is 0 Å². The van der Waals surface area contributed by atoms with Gasteiger partial charge in [0, 0.05) is 19.5 Å². The zero-order valence-electron chi connectivity index (χ0n) is 8.16. The Morgan fingerprint density at radius 2 is 2.43 bits per heavy atom. The lowest BCUT2D eigenvalue weighted by molar-refractivity contribution is 0.0945. The monoisotopic (exact) mass is 215 g/mol. The number of hydrogen-bond donors (Lipinski definition) is 1. The molecule has 0 aliphatic rings. The van der Waals surface area contributed by atoms with Gasteiger partial charge in [0.25, 0.3) is 5.91 Å². The first kappa shape index (κ1) is 11.0. The van der Waals surface area contributed by atoms with E-state index in [0.29, 0.717) is 18.1 Å². The van der Waals surface area contributed by atoms with Crippen LogP contribution in [0.5, 0.6) is 0 Å². The van der Waals surface area contributed by atoms with E-state index in [0.717, 1.165) is 12.8 Å². The molecule has 0 saturated heterocycles. The third-order valence-electron chi connectivity index (χ3n) is 1.90. The number of amides is 1. The fourth-order valence-electron chi connectivity index (χ4n) is 1.09. The Labute approximate surface area is 88.3 Å². The van der Waals surface area contributed by atoms with Crippen molar-refractivity contribution in [3.63, 3.8) is 0 Å². The molecular weight excluding hydrogens is 202 g/mol. The molecule has 0 aliphatic carbocycles. The standard InChI is InChI=1S/C9H14ClN3O/c1-13-7-11-6-8(13)9(14)12-5-3-2-4-10/h6-7H,2-5H2,1H3,(H,12,14). The molecule has 1 amide bonds. The molecular formula is C9H14ClN3O. The van der Waals surface area contributed by atoms with E-state index in [2.05, 4.69) is 10.3 Å². The summed E-state index contributed by atoms with van der Waals surface area (Å²) in [5, 5.41) is 2.80. The van der Waals surface area contributed by atoms with Crippen LogP contribution in [-0.4, -0.2) is 27.9 Å². The second kappa shape index (κ2) is 5.65. The van der Waals surface area contributed by atoms with E-state index in [4.69, 9.17) is 11.6 Å². The van der Waals surface area contributed by atoms with Crippen molar-refractivity contribution < 1.29 is 4.79 Å². The van der Waals surface area contributed by atoms with E-state index in [1.165, 1.54) is 0 Å². The first-order chi connectivity index (χ1) is 6.75. The lowest BCUT2D eigenvalue weighted by Crippen LogP contribution is -2.26. The number of alkyl halides is 1. The molecule has 0 aromatic carbocycles. The van der Waals surface area contributed by atoms with Gasteiger partial charge < -0.3 is 9.88 Å². The van der Waals surface area contributed by atoms with Crippen molar-refractivity contribution in [2.75, 3.05) is 12.4 Å². The molecule has 0 atom stereocenters. The number of hydrogen-bond acceptors (Lipinski definition) is 2. The van der Waals surface area contributed by atoms with Gasteiger partial charge in [0.2, 0.25) is 0 Å². The number of unbranched alkanes of at least 4 members (excludes halogenated alkanes) is 1. The maximum Gasteiger partial charge on any atom is 0.269 e. The van der Waals surface area contributed by atoms with Gasteiger partial charge in [0.15, 0.2) is 0 Å². The van der Waals surface area contributed by atoms with Crippen molar-refractivity contribution in [2.24, 2.45) is 7.05 Å². The number of carbonyl (C=O) groups is 1. The van der Waals surface area contributed by atoms with Gasteiger partial charge in [0.1, 0.15) is 5.69 Å². The highest BCUT2D eigenvalue weighted by molar-refractivity contribution is 6.17. The van der Waals surface area contributed by atoms with Gasteiger partial charge in [-0.25, -0.2) is 4.98 Å². The molecule has 4 nitrogen and oxygen atoms in total. The van der Waals surface area contributed by atoms with Crippen LogP contribution in [0.15, 0.2) is 12.5 Å². The normalized spacial score (nSPS) is 10.1. The third kappa shape index (κ3) is 3.03. The predicted molar refractivity (Wildman–Crippen MR) is 55.5 cm³/mol. The molecule has 0 saturated carbocycles. The first-order valence-electron chi connectivity index (χ1n) is 4.56. The minimum Gasteiger partial charge on any atom is -0.351 e. The summed E-state index contributed by atoms with van der Waals surface area (Å²) in [5.74, 6) is 0.557. The highest BCUT2D eigenvalue weighted by Gasteiger charge is 2.07. The SMILES string of the molecule is Cn1cncc1C(=O)NCCCCCl. The molecule has 1 aromatic rings. The van der Waals surface area contributed by atoms with Crippen LogP contribution >= 0.6 is 11.6 Å². The van der Waals surface area contributed by atoms with Crippen LogP contribution in [0.3, 0.4) is 0 Å². The van der Waals surface area contributed by atoms with E-state index in [-0.39, 0.29) is 5.91 Å². The van der Waals surface area contributed by atoms with Gasteiger partial charge >= 0.3 is 0 Å². The largest absolute Gasteiger partial charge is 0.351 e. The summed E-state index contributed by atoms with van der Waals surface area (Å²) >= 11 is 5.51. The molecule has 0 unspecified atom stereocenters. The van der Waals surface area contributed by atoms with E-state index in [1.54, 1.807) is 24.1 Å². The van der Waals surface area contributed by atoms with Gasteiger partial charge in [-0.15, -0.1) is 11.6 Å². The molecule has 14 heavy (non-hydrogen) atoms. The smallest absolute Gasteiger partial charge is 0.269 e. The van der Waals surface area contributed by atoms with Crippen molar-refractivity contribution in [1.82, 2.24) is 14.9 Å². The number of aryl methyl sites for hydroxylation is 1. The lowest BCUT2D eigenvalue weighted by atomic mass is 10.3. The molecule has 78 valence electrons. The molecule has 1 rings (SSSR count). The fourth-order valence-corrected chi connectivity index (χ4v) is 1.28. The highest BCUT2D eigenvalue weighted by atomic mass is 35.5. The maximum atomic E-state index is 11.5. The molecule has 0 fully saturated rings. The second-order valence-electron chi connectivity index (χ2n) is 3.04. The highest BCUT2D eigenvalue weighted by Crippen LogP contribution is 1.96. The predicted octanol–water partition coefficient (Wildman–Crippen LogP) is 1.17. The average molecular weight is 216 g/mol. The van der Waals surface area contributed by atoms with E-state index >= 15 is 0 Å². The number of carbonyl (C=O) groups excluding carboxylic acids is 1. The van der Waals surface area contributed by atoms with Crippen molar-refractivity contribution >= 4 is 17.5 Å². The zero-order valence-corrected chi connectivity index (χ0v) is 8.92. The van der Waals surface area contributed by atoms with Crippen molar-refractivity contribution in [1.29, 1.82) is 0 Å². The Kier molecular flexibility index (Phi) is 4.46. The Balaban J connectivity index is 2.32. The number of imidazole rings is 1. The second-order valence-corrected chi connectivity index (χ2v) is 3.42. The summed E-state index contributed by atoms with van der Waals surface area (Å²) in [6.45, 7) is 0.663. The lowest BCUT2D eigenvalue weighted by Gasteiger charge is -2.04. The topological polar surface area (TPSA) is 46.9 Å². The number of rotatable bonds is 5. The molecule has 0 radical (unpaired) electrons. The average Bonchev–Trinajstić information content (AvgIpc) is 2.59. The van der Waals surface area contributed by atoms with Crippen LogP contribution in [-0.2, 0) is 7.05 Å². The number of aromatic nitrogens is 2. The van der Waals surface area contributed by atoms with Gasteiger partial charge in [-0.1, -0.05) is 0 Å². The zero-order chi connectivity index (χ0) is 10.4. The third-order valence-corrected chi connectivity index (χ3v) is 2.16. The summed E-state index contributed by atoms with van der Waals surface area (Å²) in [7, 11) is 1.79. The van der Waals surface area contributed by atoms with Crippen LogP contribution < -0.4 is 5.32 Å². The molecule has 5 heteroatoms. The molecule has 0 aliphatic heterocycles. The summed E-state index contributed by atoms with van der Waals surface area (Å²) in [5.41, 5.74) is 0.580. The van der Waals surface area contributed by atoms with Gasteiger partial charge in [-0.2, -0.15) is 0 Å². The Morgan fingerprint density at radius 1 is 1.64 bits per heavy atom. The molecule has 0 bridgehead atoms. The van der Waals surface area contributed by atoms with E-state index in [1.807, 2.05) is 0 Å². The van der Waals surface area contributed by atoms with Crippen LogP contribution in [0.2, 0.25) is 0 Å². The summed E-state index contributed by atoms with van der Waals surface area (Å²) in [6.07, 6.45) is 4.99.